The summed E-state index contributed by atoms with van der Waals surface area (Å²) in [5.74, 6) is 0.227. The molecule has 0 atom stereocenters. The molecule has 10 nitrogen and oxygen atoms in total. The van der Waals surface area contributed by atoms with E-state index in [0.29, 0.717) is 18.8 Å². The van der Waals surface area contributed by atoms with Gasteiger partial charge in [0.05, 0.1) is 11.7 Å². The average molecular weight is 500 g/mol. The number of carbonyl (C=O) groups excluding carboxylic acids is 1. The van der Waals surface area contributed by atoms with Crippen LogP contribution >= 0.6 is 11.6 Å². The molecule has 4 heterocycles. The maximum absolute atomic E-state index is 13.3. The first-order valence-electron chi connectivity index (χ1n) is 10.6. The van der Waals surface area contributed by atoms with Crippen molar-refractivity contribution in [3.8, 4) is 0 Å². The van der Waals surface area contributed by atoms with Crippen LogP contribution in [0.3, 0.4) is 0 Å². The molecule has 0 fully saturated rings. The third-order valence-electron chi connectivity index (χ3n) is 6.02. The predicted octanol–water partition coefficient (Wildman–Crippen LogP) is 2.33. The van der Waals surface area contributed by atoms with Crippen LogP contribution in [0.2, 0.25) is 5.15 Å². The summed E-state index contributed by atoms with van der Waals surface area (Å²) in [6.45, 7) is 2.54. The van der Waals surface area contributed by atoms with Crippen LogP contribution in [0.5, 0.6) is 0 Å². The van der Waals surface area contributed by atoms with Gasteiger partial charge in [0.1, 0.15) is 21.6 Å². The highest BCUT2D eigenvalue weighted by molar-refractivity contribution is 7.89. The topological polar surface area (TPSA) is 126 Å². The van der Waals surface area contributed by atoms with Crippen molar-refractivity contribution in [2.24, 2.45) is 7.05 Å². The van der Waals surface area contributed by atoms with E-state index in [9.17, 15) is 13.2 Å². The second-order valence-corrected chi connectivity index (χ2v) is 10.4. The monoisotopic (exact) mass is 499 g/mol. The Kier molecular flexibility index (Phi) is 5.62. The number of hydrogen-bond donors (Lipinski definition) is 2. The third kappa shape index (κ3) is 3.85. The number of halogens is 1. The summed E-state index contributed by atoms with van der Waals surface area (Å²) < 4.78 is 29.4. The number of aromatic amines is 1. The Balaban J connectivity index is 1.38. The van der Waals surface area contributed by atoms with E-state index in [2.05, 4.69) is 25.5 Å². The van der Waals surface area contributed by atoms with E-state index in [0.717, 1.165) is 27.7 Å². The van der Waals surface area contributed by atoms with Crippen LogP contribution in [0.4, 0.5) is 0 Å². The van der Waals surface area contributed by atoms with E-state index in [1.807, 2.05) is 25.1 Å². The van der Waals surface area contributed by atoms with Gasteiger partial charge in [-0.05, 0) is 24.6 Å². The van der Waals surface area contributed by atoms with E-state index < -0.39 is 15.9 Å². The van der Waals surface area contributed by atoms with Crippen molar-refractivity contribution in [1.82, 2.24) is 34.4 Å². The number of aromatic nitrogens is 5. The number of aryl methyl sites for hydroxylation is 1. The van der Waals surface area contributed by atoms with Crippen LogP contribution in [-0.2, 0) is 36.6 Å². The van der Waals surface area contributed by atoms with Gasteiger partial charge in [0.25, 0.3) is 5.91 Å². The zero-order valence-corrected chi connectivity index (χ0v) is 20.1. The zero-order chi connectivity index (χ0) is 24.0. The SMILES string of the molecule is Cc1ncc2c(CNC(=O)c3cc(S(=O)(=O)N4CCc5[nH]ncc5C4)c(Cl)n3C)cccc2n1. The minimum Gasteiger partial charge on any atom is -0.347 e. The highest BCUT2D eigenvalue weighted by Crippen LogP contribution is 2.30. The number of rotatable bonds is 5. The van der Waals surface area contributed by atoms with Gasteiger partial charge in [0.2, 0.25) is 10.0 Å². The number of H-pyrrole nitrogens is 1. The second kappa shape index (κ2) is 8.49. The Labute approximate surface area is 201 Å². The van der Waals surface area contributed by atoms with E-state index in [-0.39, 0.29) is 28.8 Å². The fourth-order valence-electron chi connectivity index (χ4n) is 4.12. The van der Waals surface area contributed by atoms with E-state index >= 15 is 0 Å². The van der Waals surface area contributed by atoms with Crippen LogP contribution in [0.15, 0.2) is 41.6 Å². The molecule has 5 rings (SSSR count). The molecule has 0 saturated carbocycles. The van der Waals surface area contributed by atoms with Crippen molar-refractivity contribution >= 4 is 38.4 Å². The smallest absolute Gasteiger partial charge is 0.268 e. The van der Waals surface area contributed by atoms with Gasteiger partial charge in [-0.2, -0.15) is 9.40 Å². The van der Waals surface area contributed by atoms with Crippen molar-refractivity contribution in [3.63, 3.8) is 0 Å². The molecule has 176 valence electrons. The van der Waals surface area contributed by atoms with Crippen molar-refractivity contribution in [3.05, 3.63) is 70.2 Å². The summed E-state index contributed by atoms with van der Waals surface area (Å²) in [7, 11) is -2.34. The largest absolute Gasteiger partial charge is 0.347 e. The van der Waals surface area contributed by atoms with Crippen LogP contribution in [0.25, 0.3) is 10.9 Å². The molecule has 0 bridgehead atoms. The number of benzene rings is 1. The highest BCUT2D eigenvalue weighted by atomic mass is 35.5. The number of fused-ring (bicyclic) bond motifs is 2. The molecule has 1 amide bonds. The Hall–Kier alpha value is -3.28. The van der Waals surface area contributed by atoms with Gasteiger partial charge in [0, 0.05) is 55.9 Å². The summed E-state index contributed by atoms with van der Waals surface area (Å²) in [6.07, 6.45) is 3.88. The molecule has 0 saturated heterocycles. The summed E-state index contributed by atoms with van der Waals surface area (Å²) in [4.78, 5) is 21.5. The minimum absolute atomic E-state index is 0.0165. The fourth-order valence-corrected chi connectivity index (χ4v) is 6.09. The fraction of sp³-hybridized carbons (Fsp3) is 0.273. The van der Waals surface area contributed by atoms with Crippen molar-refractivity contribution in [2.75, 3.05) is 6.54 Å². The maximum Gasteiger partial charge on any atom is 0.268 e. The Morgan fingerprint density at radius 2 is 2.12 bits per heavy atom. The van der Waals surface area contributed by atoms with Gasteiger partial charge in [-0.15, -0.1) is 0 Å². The van der Waals surface area contributed by atoms with E-state index in [1.54, 1.807) is 19.4 Å². The summed E-state index contributed by atoms with van der Waals surface area (Å²) in [5, 5.41) is 10.5. The standard InChI is InChI=1S/C22H22ClN7O3S/c1-13-24-11-16-14(4-3-5-18(16)27-13)9-25-22(31)19-8-20(21(23)29(19)2)34(32,33)30-7-6-17-15(12-30)10-26-28-17/h3-5,8,10-11H,6-7,9,12H2,1-2H3,(H,25,31)(H,26,28). The highest BCUT2D eigenvalue weighted by Gasteiger charge is 2.33. The first kappa shape index (κ1) is 22.5. The normalized spacial score (nSPS) is 14.3. The summed E-state index contributed by atoms with van der Waals surface area (Å²) in [5.41, 5.74) is 3.55. The predicted molar refractivity (Wildman–Crippen MR) is 126 cm³/mol. The Bertz CT molecular complexity index is 1530. The lowest BCUT2D eigenvalue weighted by Gasteiger charge is -2.25. The molecule has 0 aliphatic carbocycles. The first-order chi connectivity index (χ1) is 16.3. The molecular weight excluding hydrogens is 478 g/mol. The molecule has 2 N–H and O–H groups in total. The van der Waals surface area contributed by atoms with Crippen molar-refractivity contribution < 1.29 is 13.2 Å². The quantitative estimate of drug-likeness (QED) is 0.434. The van der Waals surface area contributed by atoms with Crippen molar-refractivity contribution in [1.29, 1.82) is 0 Å². The van der Waals surface area contributed by atoms with Crippen LogP contribution < -0.4 is 5.32 Å². The minimum atomic E-state index is -3.91. The summed E-state index contributed by atoms with van der Waals surface area (Å²) in [6, 6.07) is 6.96. The molecule has 0 radical (unpaired) electrons. The number of amides is 1. The molecule has 3 aromatic heterocycles. The molecule has 1 aromatic carbocycles. The third-order valence-corrected chi connectivity index (χ3v) is 8.45. The molecular formula is C22H22ClN7O3S. The average Bonchev–Trinajstić information content (AvgIpc) is 3.41. The molecule has 1 aliphatic rings. The van der Waals surface area contributed by atoms with Gasteiger partial charge in [0.15, 0.2) is 0 Å². The Morgan fingerprint density at radius 3 is 2.94 bits per heavy atom. The lowest BCUT2D eigenvalue weighted by molar-refractivity contribution is 0.0943. The van der Waals surface area contributed by atoms with Crippen LogP contribution in [0.1, 0.15) is 33.1 Å². The van der Waals surface area contributed by atoms with Crippen LogP contribution in [0, 0.1) is 6.92 Å². The number of nitrogens with zero attached hydrogens (tertiary/aromatic N) is 5. The molecule has 12 heteroatoms. The molecule has 1 aliphatic heterocycles. The second-order valence-electron chi connectivity index (χ2n) is 8.16. The maximum atomic E-state index is 13.3. The molecule has 0 unspecified atom stereocenters. The number of nitrogens with one attached hydrogen (secondary N) is 2. The van der Waals surface area contributed by atoms with E-state index in [4.69, 9.17) is 11.6 Å². The number of hydrogen-bond acceptors (Lipinski definition) is 6. The lowest BCUT2D eigenvalue weighted by Crippen LogP contribution is -2.35. The van der Waals surface area contributed by atoms with Crippen molar-refractivity contribution in [2.45, 2.75) is 31.3 Å². The van der Waals surface area contributed by atoms with Gasteiger partial charge < -0.3 is 9.88 Å². The summed E-state index contributed by atoms with van der Waals surface area (Å²) >= 11 is 6.39. The van der Waals surface area contributed by atoms with Gasteiger partial charge in [-0.3, -0.25) is 9.89 Å². The molecule has 0 spiro atoms. The van der Waals surface area contributed by atoms with Gasteiger partial charge in [-0.25, -0.2) is 18.4 Å². The first-order valence-corrected chi connectivity index (χ1v) is 12.4. The Morgan fingerprint density at radius 1 is 1.29 bits per heavy atom. The number of sulfonamides is 1. The molecule has 4 aromatic rings. The van der Waals surface area contributed by atoms with E-state index in [1.165, 1.54) is 14.9 Å². The zero-order valence-electron chi connectivity index (χ0n) is 18.5. The number of carbonyl (C=O) groups is 1. The molecule has 34 heavy (non-hydrogen) atoms. The lowest BCUT2D eigenvalue weighted by atomic mass is 10.1. The van der Waals surface area contributed by atoms with Gasteiger partial charge in [-0.1, -0.05) is 23.7 Å². The van der Waals surface area contributed by atoms with Gasteiger partial charge >= 0.3 is 0 Å². The van der Waals surface area contributed by atoms with Crippen LogP contribution in [-0.4, -0.2) is 49.9 Å².